The van der Waals surface area contributed by atoms with Gasteiger partial charge in [-0.25, -0.2) is 0 Å². The molecule has 1 N–H and O–H groups in total. The highest BCUT2D eigenvalue weighted by molar-refractivity contribution is 6.33. The van der Waals surface area contributed by atoms with Crippen LogP contribution in [0.2, 0.25) is 5.02 Å². The second-order valence-electron chi connectivity index (χ2n) is 3.84. The Morgan fingerprint density at radius 2 is 1.76 bits per heavy atom. The predicted octanol–water partition coefficient (Wildman–Crippen LogP) is 4.40. The zero-order valence-electron chi connectivity index (χ0n) is 9.83. The molecule has 2 nitrogen and oxygen atoms in total. The number of hydrogen-bond donors (Lipinski definition) is 1. The third-order valence-electron chi connectivity index (χ3n) is 2.49. The maximum Gasteiger partial charge on any atom is 0.119 e. The molecule has 0 aliphatic rings. The molecule has 88 valence electrons. The highest BCUT2D eigenvalue weighted by Crippen LogP contribution is 2.27. The number of rotatable bonds is 3. The van der Waals surface area contributed by atoms with E-state index in [0.717, 1.165) is 17.1 Å². The van der Waals surface area contributed by atoms with E-state index >= 15 is 0 Å². The van der Waals surface area contributed by atoms with Crippen molar-refractivity contribution in [1.82, 2.24) is 0 Å². The summed E-state index contributed by atoms with van der Waals surface area (Å²) in [6, 6.07) is 13.6. The third kappa shape index (κ3) is 2.92. The van der Waals surface area contributed by atoms with Gasteiger partial charge in [-0.3, -0.25) is 0 Å². The maximum atomic E-state index is 6.12. The fourth-order valence-electron chi connectivity index (χ4n) is 1.56. The summed E-state index contributed by atoms with van der Waals surface area (Å²) in [6.07, 6.45) is 0. The molecule has 3 heteroatoms. The minimum Gasteiger partial charge on any atom is -0.497 e. The molecule has 0 aliphatic heterocycles. The SMILES string of the molecule is COc1ccc(Nc2cc(C)ccc2Cl)cc1. The minimum absolute atomic E-state index is 0.714. The summed E-state index contributed by atoms with van der Waals surface area (Å²) >= 11 is 6.12. The van der Waals surface area contributed by atoms with Gasteiger partial charge in [0, 0.05) is 5.69 Å². The van der Waals surface area contributed by atoms with Gasteiger partial charge in [0.15, 0.2) is 0 Å². The Bertz CT molecular complexity index is 508. The van der Waals surface area contributed by atoms with Gasteiger partial charge in [-0.05, 0) is 48.9 Å². The lowest BCUT2D eigenvalue weighted by Crippen LogP contribution is -1.92. The zero-order chi connectivity index (χ0) is 12.3. The van der Waals surface area contributed by atoms with Gasteiger partial charge in [0.25, 0.3) is 0 Å². The number of hydrogen-bond acceptors (Lipinski definition) is 2. The van der Waals surface area contributed by atoms with Crippen molar-refractivity contribution < 1.29 is 4.74 Å². The van der Waals surface area contributed by atoms with Crippen molar-refractivity contribution in [3.8, 4) is 5.75 Å². The first kappa shape index (κ1) is 11.8. The monoisotopic (exact) mass is 247 g/mol. The lowest BCUT2D eigenvalue weighted by molar-refractivity contribution is 0.415. The lowest BCUT2D eigenvalue weighted by atomic mass is 10.2. The molecular weight excluding hydrogens is 234 g/mol. The Hall–Kier alpha value is -1.67. The van der Waals surface area contributed by atoms with E-state index in [-0.39, 0.29) is 0 Å². The summed E-state index contributed by atoms with van der Waals surface area (Å²) in [7, 11) is 1.65. The summed E-state index contributed by atoms with van der Waals surface area (Å²) in [5.74, 6) is 0.839. The molecule has 0 aromatic heterocycles. The second kappa shape index (κ2) is 5.11. The van der Waals surface area contributed by atoms with E-state index in [4.69, 9.17) is 16.3 Å². The largest absolute Gasteiger partial charge is 0.497 e. The van der Waals surface area contributed by atoms with E-state index in [1.54, 1.807) is 7.11 Å². The van der Waals surface area contributed by atoms with Gasteiger partial charge in [-0.15, -0.1) is 0 Å². The fourth-order valence-corrected chi connectivity index (χ4v) is 1.73. The molecule has 2 aromatic carbocycles. The summed E-state index contributed by atoms with van der Waals surface area (Å²) in [4.78, 5) is 0. The van der Waals surface area contributed by atoms with Crippen LogP contribution in [0.15, 0.2) is 42.5 Å². The predicted molar refractivity (Wildman–Crippen MR) is 72.5 cm³/mol. The summed E-state index contributed by atoms with van der Waals surface area (Å²) in [6.45, 7) is 2.04. The normalized spacial score (nSPS) is 10.1. The molecule has 0 aliphatic carbocycles. The first-order valence-corrected chi connectivity index (χ1v) is 5.74. The van der Waals surface area contributed by atoms with Crippen molar-refractivity contribution in [3.05, 3.63) is 53.1 Å². The Labute approximate surface area is 106 Å². The average Bonchev–Trinajstić information content (AvgIpc) is 2.35. The quantitative estimate of drug-likeness (QED) is 0.868. The van der Waals surface area contributed by atoms with Crippen LogP contribution in [-0.4, -0.2) is 7.11 Å². The first-order valence-electron chi connectivity index (χ1n) is 5.36. The summed E-state index contributed by atoms with van der Waals surface area (Å²) in [5.41, 5.74) is 3.07. The highest BCUT2D eigenvalue weighted by Gasteiger charge is 2.01. The standard InChI is InChI=1S/C14H14ClNO/c1-10-3-8-13(15)14(9-10)16-11-4-6-12(17-2)7-5-11/h3-9,16H,1-2H3. The van der Waals surface area contributed by atoms with E-state index in [9.17, 15) is 0 Å². The zero-order valence-corrected chi connectivity index (χ0v) is 10.6. The van der Waals surface area contributed by atoms with Gasteiger partial charge in [-0.1, -0.05) is 17.7 Å². The Morgan fingerprint density at radius 1 is 1.06 bits per heavy atom. The van der Waals surface area contributed by atoms with Crippen LogP contribution < -0.4 is 10.1 Å². The molecule has 2 rings (SSSR count). The molecule has 0 heterocycles. The van der Waals surface area contributed by atoms with Crippen LogP contribution >= 0.6 is 11.6 Å². The average molecular weight is 248 g/mol. The van der Waals surface area contributed by atoms with E-state index in [2.05, 4.69) is 5.32 Å². The van der Waals surface area contributed by atoms with Crippen molar-refractivity contribution >= 4 is 23.0 Å². The first-order chi connectivity index (χ1) is 8.19. The lowest BCUT2D eigenvalue weighted by Gasteiger charge is -2.09. The molecule has 0 saturated carbocycles. The second-order valence-corrected chi connectivity index (χ2v) is 4.24. The van der Waals surface area contributed by atoms with Gasteiger partial charge in [0.1, 0.15) is 5.75 Å². The molecule has 0 spiro atoms. The number of aryl methyl sites for hydroxylation is 1. The van der Waals surface area contributed by atoms with Crippen molar-refractivity contribution in [1.29, 1.82) is 0 Å². The van der Waals surface area contributed by atoms with Crippen LogP contribution in [0.1, 0.15) is 5.56 Å². The van der Waals surface area contributed by atoms with Gasteiger partial charge in [-0.2, -0.15) is 0 Å². The minimum atomic E-state index is 0.714. The molecule has 0 fully saturated rings. The molecule has 0 unspecified atom stereocenters. The van der Waals surface area contributed by atoms with E-state index in [1.165, 1.54) is 5.56 Å². The molecule has 0 saturated heterocycles. The molecule has 17 heavy (non-hydrogen) atoms. The van der Waals surface area contributed by atoms with E-state index < -0.39 is 0 Å². The molecule has 0 amide bonds. The van der Waals surface area contributed by atoms with Crippen LogP contribution in [0, 0.1) is 6.92 Å². The van der Waals surface area contributed by atoms with Crippen LogP contribution in [0.25, 0.3) is 0 Å². The molecule has 2 aromatic rings. The summed E-state index contributed by atoms with van der Waals surface area (Å²) < 4.78 is 5.11. The van der Waals surface area contributed by atoms with Crippen LogP contribution in [-0.2, 0) is 0 Å². The summed E-state index contributed by atoms with van der Waals surface area (Å²) in [5, 5.41) is 3.99. The number of halogens is 1. The Balaban J connectivity index is 2.22. The van der Waals surface area contributed by atoms with Gasteiger partial charge >= 0.3 is 0 Å². The molecular formula is C14H14ClNO. The molecule has 0 atom stereocenters. The van der Waals surface area contributed by atoms with Crippen LogP contribution in [0.3, 0.4) is 0 Å². The molecule has 0 radical (unpaired) electrons. The van der Waals surface area contributed by atoms with Crippen molar-refractivity contribution in [2.24, 2.45) is 0 Å². The van der Waals surface area contributed by atoms with Crippen molar-refractivity contribution in [3.63, 3.8) is 0 Å². The van der Waals surface area contributed by atoms with Gasteiger partial charge in [0.05, 0.1) is 17.8 Å². The molecule has 0 bridgehead atoms. The smallest absolute Gasteiger partial charge is 0.119 e. The maximum absolute atomic E-state index is 6.12. The third-order valence-corrected chi connectivity index (χ3v) is 2.82. The number of benzene rings is 2. The number of anilines is 2. The Kier molecular flexibility index (Phi) is 3.55. The van der Waals surface area contributed by atoms with E-state index in [1.807, 2.05) is 49.4 Å². The van der Waals surface area contributed by atoms with Gasteiger partial charge < -0.3 is 10.1 Å². The van der Waals surface area contributed by atoms with E-state index in [0.29, 0.717) is 5.02 Å². The van der Waals surface area contributed by atoms with Crippen molar-refractivity contribution in [2.75, 3.05) is 12.4 Å². The highest BCUT2D eigenvalue weighted by atomic mass is 35.5. The van der Waals surface area contributed by atoms with Crippen LogP contribution in [0.4, 0.5) is 11.4 Å². The number of ether oxygens (including phenoxy) is 1. The van der Waals surface area contributed by atoms with Crippen molar-refractivity contribution in [2.45, 2.75) is 6.92 Å². The number of methoxy groups -OCH3 is 1. The fraction of sp³-hybridized carbons (Fsp3) is 0.143. The number of nitrogens with one attached hydrogen (secondary N) is 1. The topological polar surface area (TPSA) is 21.3 Å². The van der Waals surface area contributed by atoms with Gasteiger partial charge in [0.2, 0.25) is 0 Å². The van der Waals surface area contributed by atoms with Crippen LogP contribution in [0.5, 0.6) is 5.75 Å². The Morgan fingerprint density at radius 3 is 2.41 bits per heavy atom.